The third-order valence-electron chi connectivity index (χ3n) is 3.49. The molecule has 2 aliphatic rings. The summed E-state index contributed by atoms with van der Waals surface area (Å²) < 4.78 is 7.66. The van der Waals surface area contributed by atoms with E-state index >= 15 is 0 Å². The fourth-order valence-corrected chi connectivity index (χ4v) is 3.87. The van der Waals surface area contributed by atoms with Gasteiger partial charge >= 0.3 is 0 Å². The molecule has 100 valence electrons. The highest BCUT2D eigenvalue weighted by molar-refractivity contribution is 8.00. The molecule has 2 aromatic heterocycles. The van der Waals surface area contributed by atoms with Gasteiger partial charge in [0, 0.05) is 18.4 Å². The average Bonchev–Trinajstić information content (AvgIpc) is 3.35. The molecule has 0 amide bonds. The first kappa shape index (κ1) is 11.8. The van der Waals surface area contributed by atoms with E-state index in [1.807, 2.05) is 0 Å². The number of hydrogen-bond donors (Lipinski definition) is 0. The van der Waals surface area contributed by atoms with Crippen LogP contribution in [0.5, 0.6) is 0 Å². The van der Waals surface area contributed by atoms with Crippen molar-refractivity contribution < 1.29 is 0 Å². The Kier molecular flexibility index (Phi) is 2.84. The van der Waals surface area contributed by atoms with E-state index in [4.69, 9.17) is 0 Å². The van der Waals surface area contributed by atoms with Crippen LogP contribution >= 0.6 is 23.3 Å². The fourth-order valence-electron chi connectivity index (χ4n) is 2.15. The van der Waals surface area contributed by atoms with Gasteiger partial charge in [0.25, 0.3) is 0 Å². The van der Waals surface area contributed by atoms with Crippen molar-refractivity contribution in [3.05, 3.63) is 11.6 Å². The highest BCUT2D eigenvalue weighted by Gasteiger charge is 2.36. The van der Waals surface area contributed by atoms with Gasteiger partial charge in [0.2, 0.25) is 0 Å². The molecule has 2 aliphatic carbocycles. The normalized spacial score (nSPS) is 19.0. The van der Waals surface area contributed by atoms with Crippen molar-refractivity contribution in [2.24, 2.45) is 0 Å². The molecule has 0 saturated heterocycles. The Morgan fingerprint density at radius 1 is 1.26 bits per heavy atom. The second-order valence-electron chi connectivity index (χ2n) is 5.15. The van der Waals surface area contributed by atoms with Crippen molar-refractivity contribution >= 4 is 23.3 Å². The van der Waals surface area contributed by atoms with E-state index in [0.29, 0.717) is 12.0 Å². The van der Waals surface area contributed by atoms with Crippen molar-refractivity contribution in [2.45, 2.75) is 60.5 Å². The molecule has 0 radical (unpaired) electrons. The second kappa shape index (κ2) is 4.56. The zero-order valence-corrected chi connectivity index (χ0v) is 12.4. The van der Waals surface area contributed by atoms with Gasteiger partial charge in [0.05, 0.1) is 0 Å². The van der Waals surface area contributed by atoms with E-state index in [1.54, 1.807) is 11.8 Å². The smallest absolute Gasteiger partial charge is 0.198 e. The van der Waals surface area contributed by atoms with Gasteiger partial charge in [-0.15, -0.1) is 10.2 Å². The van der Waals surface area contributed by atoms with E-state index < -0.39 is 0 Å². The molecule has 2 saturated carbocycles. The molecule has 0 aliphatic heterocycles. The maximum absolute atomic E-state index is 4.50. The zero-order valence-electron chi connectivity index (χ0n) is 10.7. The van der Waals surface area contributed by atoms with Crippen LogP contribution in [0.3, 0.4) is 0 Å². The minimum atomic E-state index is 0.631. The number of aromatic nitrogens is 5. The predicted molar refractivity (Wildman–Crippen MR) is 73.7 cm³/mol. The summed E-state index contributed by atoms with van der Waals surface area (Å²) in [5, 5.41) is 9.80. The molecular weight excluding hydrogens is 278 g/mol. The van der Waals surface area contributed by atoms with Gasteiger partial charge in [-0.3, -0.25) is 0 Å². The average molecular weight is 293 g/mol. The number of hydrogen-bond acceptors (Lipinski definition) is 6. The van der Waals surface area contributed by atoms with E-state index in [9.17, 15) is 0 Å². The van der Waals surface area contributed by atoms with Crippen LogP contribution in [-0.4, -0.2) is 24.1 Å². The van der Waals surface area contributed by atoms with Gasteiger partial charge in [-0.05, 0) is 49.0 Å². The lowest BCUT2D eigenvalue weighted by atomic mass is 10.4. The van der Waals surface area contributed by atoms with E-state index in [0.717, 1.165) is 21.7 Å². The third kappa shape index (κ3) is 2.29. The van der Waals surface area contributed by atoms with Crippen LogP contribution in [0.15, 0.2) is 9.50 Å². The first-order chi connectivity index (χ1) is 9.35. The molecular formula is C12H15N5S2. The van der Waals surface area contributed by atoms with Crippen LogP contribution < -0.4 is 0 Å². The van der Waals surface area contributed by atoms with Crippen molar-refractivity contribution in [2.75, 3.05) is 0 Å². The van der Waals surface area contributed by atoms with Gasteiger partial charge in [-0.2, -0.15) is 4.37 Å². The fraction of sp³-hybridized carbons (Fsp3) is 0.667. The monoisotopic (exact) mass is 293 g/mol. The van der Waals surface area contributed by atoms with Crippen LogP contribution in [0.25, 0.3) is 0 Å². The summed E-state index contributed by atoms with van der Waals surface area (Å²) in [5.41, 5.74) is 0. The lowest BCUT2D eigenvalue weighted by molar-refractivity contribution is 0.627. The summed E-state index contributed by atoms with van der Waals surface area (Å²) in [6.07, 6.45) is 5.96. The molecule has 2 heterocycles. The Labute approximate surface area is 120 Å². The minimum Gasteiger partial charge on any atom is -0.302 e. The molecule has 0 bridgehead atoms. The SMILES string of the molecule is CCc1nsc(Sc2nnc(C3CC3)n2C2CC2)n1. The molecule has 0 unspecified atom stereocenters. The van der Waals surface area contributed by atoms with Crippen molar-refractivity contribution in [3.8, 4) is 0 Å². The number of aryl methyl sites for hydroxylation is 1. The van der Waals surface area contributed by atoms with Crippen molar-refractivity contribution in [1.29, 1.82) is 0 Å². The molecule has 0 N–H and O–H groups in total. The molecule has 0 atom stereocenters. The van der Waals surface area contributed by atoms with Crippen LogP contribution in [0.2, 0.25) is 0 Å². The highest BCUT2D eigenvalue weighted by Crippen LogP contribution is 2.46. The standard InChI is InChI=1S/C12H15N5S2/c1-2-9-13-12(19-16-9)18-11-15-14-10(7-3-4-7)17(11)8-5-6-8/h7-8H,2-6H2,1H3. The molecule has 2 aromatic rings. The first-order valence-corrected chi connectivity index (χ1v) is 8.39. The molecule has 2 fully saturated rings. The van der Waals surface area contributed by atoms with Crippen molar-refractivity contribution in [1.82, 2.24) is 24.1 Å². The Morgan fingerprint density at radius 3 is 2.74 bits per heavy atom. The second-order valence-corrected chi connectivity index (χ2v) is 7.11. The summed E-state index contributed by atoms with van der Waals surface area (Å²) in [4.78, 5) is 4.50. The number of nitrogens with zero attached hydrogens (tertiary/aromatic N) is 5. The minimum absolute atomic E-state index is 0.631. The molecule has 4 rings (SSSR count). The van der Waals surface area contributed by atoms with Crippen molar-refractivity contribution in [3.63, 3.8) is 0 Å². The lowest BCUT2D eigenvalue weighted by Gasteiger charge is -2.06. The zero-order chi connectivity index (χ0) is 12.8. The first-order valence-electron chi connectivity index (χ1n) is 6.80. The van der Waals surface area contributed by atoms with Gasteiger partial charge in [-0.1, -0.05) is 6.92 Å². The highest BCUT2D eigenvalue weighted by atomic mass is 32.2. The summed E-state index contributed by atoms with van der Waals surface area (Å²) >= 11 is 3.08. The van der Waals surface area contributed by atoms with Gasteiger partial charge in [-0.25, -0.2) is 4.98 Å². The van der Waals surface area contributed by atoms with E-state index in [1.165, 1.54) is 43.0 Å². The molecule has 7 heteroatoms. The van der Waals surface area contributed by atoms with E-state index in [2.05, 4.69) is 31.0 Å². The quantitative estimate of drug-likeness (QED) is 0.848. The summed E-state index contributed by atoms with van der Waals surface area (Å²) in [7, 11) is 0. The topological polar surface area (TPSA) is 56.5 Å². The Bertz CT molecular complexity index is 597. The predicted octanol–water partition coefficient (Wildman–Crippen LogP) is 3.06. The Balaban J connectivity index is 1.63. The molecule has 5 nitrogen and oxygen atoms in total. The molecule has 0 aromatic carbocycles. The molecule has 0 spiro atoms. The van der Waals surface area contributed by atoms with Crippen LogP contribution in [0, 0.1) is 0 Å². The van der Waals surface area contributed by atoms with Gasteiger partial charge < -0.3 is 4.57 Å². The maximum atomic E-state index is 4.50. The summed E-state index contributed by atoms with van der Waals surface area (Å²) in [6, 6.07) is 0.631. The van der Waals surface area contributed by atoms with E-state index in [-0.39, 0.29) is 0 Å². The number of rotatable bonds is 5. The largest absolute Gasteiger partial charge is 0.302 e. The van der Waals surface area contributed by atoms with Crippen LogP contribution in [-0.2, 0) is 6.42 Å². The van der Waals surface area contributed by atoms with Gasteiger partial charge in [0.1, 0.15) is 11.6 Å². The Morgan fingerprint density at radius 2 is 2.11 bits per heavy atom. The summed E-state index contributed by atoms with van der Waals surface area (Å²) in [6.45, 7) is 2.08. The van der Waals surface area contributed by atoms with Crippen LogP contribution in [0.1, 0.15) is 56.2 Å². The van der Waals surface area contributed by atoms with Crippen LogP contribution in [0.4, 0.5) is 0 Å². The lowest BCUT2D eigenvalue weighted by Crippen LogP contribution is -2.01. The maximum Gasteiger partial charge on any atom is 0.198 e. The summed E-state index contributed by atoms with van der Waals surface area (Å²) in [5.74, 6) is 2.78. The van der Waals surface area contributed by atoms with Gasteiger partial charge in [0.15, 0.2) is 9.50 Å². The Hall–Kier alpha value is -0.950. The third-order valence-corrected chi connectivity index (χ3v) is 5.24. The molecule has 19 heavy (non-hydrogen) atoms.